The fourth-order valence-electron chi connectivity index (χ4n) is 5.18. The van der Waals surface area contributed by atoms with Crippen LogP contribution in [-0.4, -0.2) is 72.7 Å². The van der Waals surface area contributed by atoms with Crippen molar-refractivity contribution in [1.82, 2.24) is 15.1 Å². The highest BCUT2D eigenvalue weighted by atomic mass is 19.4. The van der Waals surface area contributed by atoms with Gasteiger partial charge in [-0.15, -0.1) is 0 Å². The number of nitrogens with two attached hydrogens (primary N) is 1. The molecule has 0 spiro atoms. The highest BCUT2D eigenvalue weighted by Gasteiger charge is 2.43. The molecule has 0 saturated carbocycles. The summed E-state index contributed by atoms with van der Waals surface area (Å²) in [5.41, 5.74) is 4.25. The van der Waals surface area contributed by atoms with Crippen molar-refractivity contribution in [2.75, 3.05) is 27.2 Å². The molecule has 1 aliphatic rings. The van der Waals surface area contributed by atoms with Gasteiger partial charge in [0.05, 0.1) is 6.04 Å². The highest BCUT2D eigenvalue weighted by molar-refractivity contribution is 6.08. The molecule has 7 nitrogen and oxygen atoms in total. The van der Waals surface area contributed by atoms with Gasteiger partial charge >= 0.3 is 6.18 Å². The molecule has 1 fully saturated rings. The lowest BCUT2D eigenvalue weighted by Crippen LogP contribution is -2.49. The van der Waals surface area contributed by atoms with E-state index in [0.717, 1.165) is 12.8 Å². The molecule has 2 atom stereocenters. The van der Waals surface area contributed by atoms with E-state index in [1.54, 1.807) is 18.2 Å². The lowest BCUT2D eigenvalue weighted by Gasteiger charge is -2.35. The van der Waals surface area contributed by atoms with Crippen molar-refractivity contribution in [3.05, 3.63) is 47.5 Å². The number of piperidine rings is 1. The number of amides is 2. The zero-order valence-electron chi connectivity index (χ0n) is 22.4. The fraction of sp³-hybridized carbons (Fsp3) is 0.500. The fourth-order valence-corrected chi connectivity index (χ4v) is 5.18. The van der Waals surface area contributed by atoms with E-state index in [1.165, 1.54) is 32.0 Å². The third-order valence-corrected chi connectivity index (χ3v) is 7.29. The number of hydrogen-bond donors (Lipinski definition) is 2. The molecule has 2 amide bonds. The molecule has 0 aliphatic carbocycles. The molecule has 3 N–H and O–H groups in total. The minimum Gasteiger partial charge on any atom is -0.456 e. The first kappa shape index (κ1) is 28.8. The van der Waals surface area contributed by atoms with E-state index >= 15 is 0 Å². The number of furan rings is 1. The lowest BCUT2D eigenvalue weighted by molar-refractivity contribution is -0.161. The maximum absolute atomic E-state index is 14.2. The zero-order chi connectivity index (χ0) is 28.7. The van der Waals surface area contributed by atoms with E-state index in [0.29, 0.717) is 41.1 Å². The Morgan fingerprint density at radius 2 is 1.72 bits per heavy atom. The van der Waals surface area contributed by atoms with Gasteiger partial charge in [-0.3, -0.25) is 14.9 Å². The number of rotatable bonds is 8. The number of alkyl halides is 4. The van der Waals surface area contributed by atoms with Gasteiger partial charge < -0.3 is 20.0 Å². The van der Waals surface area contributed by atoms with Crippen molar-refractivity contribution in [3.8, 4) is 0 Å². The maximum Gasteiger partial charge on any atom is 0.407 e. The Bertz CT molecular complexity index is 1350. The normalized spacial score (nSPS) is 17.2. The van der Waals surface area contributed by atoms with Crippen LogP contribution in [0.15, 0.2) is 40.8 Å². The molecule has 2 aromatic carbocycles. The number of benzene rings is 2. The number of nitrogens with one attached hydrogen (secondary N) is 1. The van der Waals surface area contributed by atoms with Crippen LogP contribution in [0.25, 0.3) is 21.9 Å². The first-order valence-electron chi connectivity index (χ1n) is 12.9. The van der Waals surface area contributed by atoms with Crippen LogP contribution in [0.1, 0.15) is 55.1 Å². The average Bonchev–Trinajstić information content (AvgIpc) is 3.21. The van der Waals surface area contributed by atoms with E-state index in [1.807, 2.05) is 19.0 Å². The number of hydrogen-bond acceptors (Lipinski definition) is 5. The van der Waals surface area contributed by atoms with Crippen LogP contribution in [0, 0.1) is 0 Å². The van der Waals surface area contributed by atoms with Gasteiger partial charge in [0.1, 0.15) is 22.9 Å². The Labute approximate surface area is 224 Å². The largest absolute Gasteiger partial charge is 0.456 e. The summed E-state index contributed by atoms with van der Waals surface area (Å²) in [6, 6.07) is 5.62. The maximum atomic E-state index is 14.2. The monoisotopic (exact) mass is 550 g/mol. The molecule has 39 heavy (non-hydrogen) atoms. The summed E-state index contributed by atoms with van der Waals surface area (Å²) >= 11 is 0. The Kier molecular flexibility index (Phi) is 7.96. The Morgan fingerprint density at radius 3 is 2.28 bits per heavy atom. The molecule has 11 heteroatoms. The third kappa shape index (κ3) is 6.52. The number of halogens is 4. The van der Waals surface area contributed by atoms with Crippen LogP contribution in [0.5, 0.6) is 0 Å². The van der Waals surface area contributed by atoms with Gasteiger partial charge in [-0.1, -0.05) is 12.1 Å². The molecule has 4 rings (SSSR count). The molecule has 0 radical (unpaired) electrons. The zero-order valence-corrected chi connectivity index (χ0v) is 22.4. The molecule has 1 saturated heterocycles. The van der Waals surface area contributed by atoms with Gasteiger partial charge in [-0.05, 0) is 70.6 Å². The molecular weight excluding hydrogens is 516 g/mol. The van der Waals surface area contributed by atoms with Crippen LogP contribution < -0.4 is 11.1 Å². The van der Waals surface area contributed by atoms with Crippen LogP contribution in [-0.2, 0) is 4.79 Å². The Balaban J connectivity index is 1.63. The topological polar surface area (TPSA) is 91.8 Å². The number of likely N-dealkylation sites (tertiary alicyclic amines) is 1. The predicted octanol–water partition coefficient (Wildman–Crippen LogP) is 4.94. The van der Waals surface area contributed by atoms with Crippen LogP contribution in [0.4, 0.5) is 17.6 Å². The Morgan fingerprint density at radius 1 is 1.05 bits per heavy atom. The van der Waals surface area contributed by atoms with Crippen molar-refractivity contribution in [2.45, 2.75) is 63.1 Å². The van der Waals surface area contributed by atoms with E-state index in [9.17, 15) is 27.2 Å². The summed E-state index contributed by atoms with van der Waals surface area (Å²) in [4.78, 5) is 29.0. The highest BCUT2D eigenvalue weighted by Crippen LogP contribution is 2.37. The van der Waals surface area contributed by atoms with Crippen LogP contribution >= 0.6 is 0 Å². The number of nitrogens with zero attached hydrogens (tertiary/aromatic N) is 2. The molecular formula is C28H34F4N4O3. The standard InChI is InChI=1S/C28H34F4N4O3/c1-27(2,29)15-21(25(33)37)34-24(28(30,31)32)16-5-7-19-20-13-17(6-8-22(20)39-23(19)14-16)26(38)36-11-9-18(10-12-36)35(3)4/h5-8,13-14,18,21,24,34H,9-12,15H2,1-4H3,(H2,33,37)/t21?,24-/m0/s1. The van der Waals surface area contributed by atoms with Gasteiger partial charge in [0, 0.05) is 41.9 Å². The number of carbonyl (C=O) groups excluding carboxylic acids is 2. The van der Waals surface area contributed by atoms with Gasteiger partial charge in [0.15, 0.2) is 0 Å². The SMILES string of the molecule is CN(C)C1CCN(C(=O)c2ccc3oc4cc([C@H](NC(CC(C)(C)F)C(N)=O)C(F)(F)F)ccc4c3c2)CC1. The van der Waals surface area contributed by atoms with Gasteiger partial charge in [0.2, 0.25) is 5.91 Å². The first-order valence-corrected chi connectivity index (χ1v) is 12.9. The third-order valence-electron chi connectivity index (χ3n) is 7.29. The quantitative estimate of drug-likeness (QED) is 0.388. The molecule has 0 bridgehead atoms. The molecule has 1 aliphatic heterocycles. The van der Waals surface area contributed by atoms with E-state index in [2.05, 4.69) is 10.2 Å². The second kappa shape index (κ2) is 10.8. The van der Waals surface area contributed by atoms with Crippen LogP contribution in [0.2, 0.25) is 0 Å². The predicted molar refractivity (Wildman–Crippen MR) is 141 cm³/mol. The first-order chi connectivity index (χ1) is 18.1. The Hall–Kier alpha value is -3.18. The minimum atomic E-state index is -4.80. The lowest BCUT2D eigenvalue weighted by atomic mass is 9.97. The van der Waals surface area contributed by atoms with Crippen molar-refractivity contribution >= 4 is 33.8 Å². The summed E-state index contributed by atoms with van der Waals surface area (Å²) in [6.07, 6.45) is -3.56. The van der Waals surface area contributed by atoms with E-state index < -0.39 is 36.3 Å². The smallest absolute Gasteiger partial charge is 0.407 e. The van der Waals surface area contributed by atoms with Gasteiger partial charge in [-0.2, -0.15) is 13.2 Å². The summed E-state index contributed by atoms with van der Waals surface area (Å²) in [5.74, 6) is -1.18. The van der Waals surface area contributed by atoms with E-state index in [4.69, 9.17) is 10.2 Å². The summed E-state index contributed by atoms with van der Waals surface area (Å²) in [7, 11) is 4.05. The molecule has 3 aromatic rings. The summed E-state index contributed by atoms with van der Waals surface area (Å²) in [5, 5.41) is 3.36. The molecule has 1 aromatic heterocycles. The van der Waals surface area contributed by atoms with Crippen molar-refractivity contribution in [3.63, 3.8) is 0 Å². The number of carbonyl (C=O) groups is 2. The second-order valence-electron chi connectivity index (χ2n) is 11.1. The van der Waals surface area contributed by atoms with E-state index in [-0.39, 0.29) is 17.1 Å². The van der Waals surface area contributed by atoms with Gasteiger partial charge in [0.25, 0.3) is 5.91 Å². The molecule has 212 valence electrons. The van der Waals surface area contributed by atoms with Gasteiger partial charge in [-0.25, -0.2) is 4.39 Å². The average molecular weight is 551 g/mol. The van der Waals surface area contributed by atoms with Crippen LogP contribution in [0.3, 0.4) is 0 Å². The molecule has 2 heterocycles. The number of primary amides is 1. The minimum absolute atomic E-state index is 0.102. The molecule has 1 unspecified atom stereocenters. The van der Waals surface area contributed by atoms with Crippen molar-refractivity contribution in [1.29, 1.82) is 0 Å². The van der Waals surface area contributed by atoms with Crippen molar-refractivity contribution in [2.24, 2.45) is 5.73 Å². The number of fused-ring (bicyclic) bond motifs is 3. The second-order valence-corrected chi connectivity index (χ2v) is 11.1. The summed E-state index contributed by atoms with van der Waals surface area (Å²) < 4.78 is 62.2. The summed E-state index contributed by atoms with van der Waals surface area (Å²) in [6.45, 7) is 3.62. The van der Waals surface area contributed by atoms with Crippen molar-refractivity contribution < 1.29 is 31.6 Å².